The number of nitrogens with zero attached hydrogens (tertiary/aromatic N) is 1. The molecule has 2 aromatic carbocycles. The average Bonchev–Trinajstić information content (AvgIpc) is 3.03. The lowest BCUT2D eigenvalue weighted by Crippen LogP contribution is -2.41. The number of carbonyl (C=O) groups is 1. The fraction of sp³-hybridized carbons (Fsp3) is 0.250. The number of benzene rings is 2. The lowest BCUT2D eigenvalue weighted by Gasteiger charge is -2.31. The first-order chi connectivity index (χ1) is 12.5. The van der Waals surface area contributed by atoms with Crippen LogP contribution in [0.25, 0.3) is 10.9 Å². The first kappa shape index (κ1) is 16.7. The zero-order valence-corrected chi connectivity index (χ0v) is 14.2. The van der Waals surface area contributed by atoms with Gasteiger partial charge in [0, 0.05) is 29.7 Å². The molecule has 0 saturated carbocycles. The number of H-pyrrole nitrogens is 1. The molecule has 1 aliphatic carbocycles. The van der Waals surface area contributed by atoms with Crippen molar-refractivity contribution in [2.75, 3.05) is 7.05 Å². The Hall–Kier alpha value is -2.76. The number of hydrogen-bond donors (Lipinski definition) is 1. The number of likely N-dealkylation sites (N-methyl/N-ethyl adjacent to an activating group) is 1. The number of fused-ring (bicyclic) bond motifs is 3. The van der Waals surface area contributed by atoms with Gasteiger partial charge >= 0.3 is 0 Å². The maximum absolute atomic E-state index is 14.0. The lowest BCUT2D eigenvalue weighted by atomic mass is 9.90. The van der Waals surface area contributed by atoms with Crippen LogP contribution in [0.3, 0.4) is 0 Å². The van der Waals surface area contributed by atoms with Crippen LogP contribution < -0.4 is 0 Å². The van der Waals surface area contributed by atoms with Crippen molar-refractivity contribution in [2.45, 2.75) is 25.3 Å². The highest BCUT2D eigenvalue weighted by Crippen LogP contribution is 2.31. The summed E-state index contributed by atoms with van der Waals surface area (Å²) in [6.07, 6.45) is 2.12. The number of halogens is 3. The molecule has 0 saturated heterocycles. The van der Waals surface area contributed by atoms with Crippen LogP contribution in [0, 0.1) is 17.5 Å². The summed E-state index contributed by atoms with van der Waals surface area (Å²) < 4.78 is 40.5. The van der Waals surface area contributed by atoms with Gasteiger partial charge < -0.3 is 9.88 Å². The highest BCUT2D eigenvalue weighted by atomic mass is 19.2. The third kappa shape index (κ3) is 2.57. The van der Waals surface area contributed by atoms with Crippen LogP contribution in [0.15, 0.2) is 36.4 Å². The summed E-state index contributed by atoms with van der Waals surface area (Å²) >= 11 is 0. The molecule has 0 spiro atoms. The fourth-order valence-corrected chi connectivity index (χ4v) is 3.73. The van der Waals surface area contributed by atoms with Crippen molar-refractivity contribution in [3.8, 4) is 0 Å². The number of para-hydroxylation sites is 1. The monoisotopic (exact) mass is 358 g/mol. The first-order valence-corrected chi connectivity index (χ1v) is 8.46. The largest absolute Gasteiger partial charge is 0.358 e. The molecule has 0 fully saturated rings. The molecule has 0 aliphatic heterocycles. The fourth-order valence-electron chi connectivity index (χ4n) is 3.73. The molecule has 1 N–H and O–H groups in total. The first-order valence-electron chi connectivity index (χ1n) is 8.46. The van der Waals surface area contributed by atoms with Gasteiger partial charge in [-0.2, -0.15) is 0 Å². The molecule has 4 rings (SSSR count). The predicted molar refractivity (Wildman–Crippen MR) is 92.5 cm³/mol. The van der Waals surface area contributed by atoms with Crippen LogP contribution >= 0.6 is 0 Å². The smallest absolute Gasteiger partial charge is 0.256 e. The molecular weight excluding hydrogens is 341 g/mol. The molecule has 1 atom stereocenters. The van der Waals surface area contributed by atoms with Crippen molar-refractivity contribution in [2.24, 2.45) is 0 Å². The topological polar surface area (TPSA) is 36.1 Å². The van der Waals surface area contributed by atoms with Crippen molar-refractivity contribution < 1.29 is 18.0 Å². The number of rotatable bonds is 2. The summed E-state index contributed by atoms with van der Waals surface area (Å²) in [4.78, 5) is 17.5. The van der Waals surface area contributed by atoms with E-state index in [1.54, 1.807) is 7.05 Å². The number of hydrogen-bond acceptors (Lipinski definition) is 1. The molecule has 3 nitrogen and oxygen atoms in total. The number of aromatic nitrogens is 1. The highest BCUT2D eigenvalue weighted by Gasteiger charge is 2.30. The molecule has 1 amide bonds. The van der Waals surface area contributed by atoms with Crippen LogP contribution in [0.2, 0.25) is 0 Å². The van der Waals surface area contributed by atoms with Gasteiger partial charge in [0.1, 0.15) is 0 Å². The van der Waals surface area contributed by atoms with Crippen molar-refractivity contribution in [1.29, 1.82) is 0 Å². The van der Waals surface area contributed by atoms with Crippen molar-refractivity contribution in [3.63, 3.8) is 0 Å². The third-order valence-corrected chi connectivity index (χ3v) is 5.20. The van der Waals surface area contributed by atoms with Gasteiger partial charge in [0.2, 0.25) is 0 Å². The maximum atomic E-state index is 14.0. The van der Waals surface area contributed by atoms with Gasteiger partial charge in [0.25, 0.3) is 5.91 Å². The van der Waals surface area contributed by atoms with Gasteiger partial charge in [0.05, 0.1) is 5.56 Å². The van der Waals surface area contributed by atoms with Crippen molar-refractivity contribution in [3.05, 3.63) is 70.7 Å². The number of aromatic amines is 1. The van der Waals surface area contributed by atoms with Gasteiger partial charge in [-0.25, -0.2) is 13.2 Å². The Morgan fingerprint density at radius 2 is 1.88 bits per heavy atom. The highest BCUT2D eigenvalue weighted by molar-refractivity contribution is 5.94. The average molecular weight is 358 g/mol. The number of amides is 1. The minimum Gasteiger partial charge on any atom is -0.358 e. The molecule has 1 heterocycles. The summed E-state index contributed by atoms with van der Waals surface area (Å²) in [6.45, 7) is 0. The van der Waals surface area contributed by atoms with E-state index >= 15 is 0 Å². The molecule has 1 aliphatic rings. The zero-order chi connectivity index (χ0) is 18.4. The summed E-state index contributed by atoms with van der Waals surface area (Å²) in [7, 11) is 1.58. The van der Waals surface area contributed by atoms with E-state index in [-0.39, 0.29) is 6.04 Å². The summed E-state index contributed by atoms with van der Waals surface area (Å²) in [5.41, 5.74) is 2.92. The number of nitrogens with one attached hydrogen (secondary N) is 1. The third-order valence-electron chi connectivity index (χ3n) is 5.20. The van der Waals surface area contributed by atoms with Crippen LogP contribution in [0.5, 0.6) is 0 Å². The van der Waals surface area contributed by atoms with Crippen LogP contribution in [-0.2, 0) is 12.8 Å². The Kier molecular flexibility index (Phi) is 3.98. The summed E-state index contributed by atoms with van der Waals surface area (Å²) in [5, 5.41) is 1.12. The molecule has 26 heavy (non-hydrogen) atoms. The quantitative estimate of drug-likeness (QED) is 0.685. The van der Waals surface area contributed by atoms with E-state index in [2.05, 4.69) is 4.98 Å². The van der Waals surface area contributed by atoms with Crippen LogP contribution in [-0.4, -0.2) is 28.9 Å². The summed E-state index contributed by atoms with van der Waals surface area (Å²) in [6, 6.07) is 9.60. The zero-order valence-electron chi connectivity index (χ0n) is 14.2. The Morgan fingerprint density at radius 3 is 2.69 bits per heavy atom. The van der Waals surface area contributed by atoms with Crippen molar-refractivity contribution in [1.82, 2.24) is 9.88 Å². The van der Waals surface area contributed by atoms with E-state index in [9.17, 15) is 18.0 Å². The Balaban J connectivity index is 1.62. The minimum absolute atomic E-state index is 0.137. The second-order valence-electron chi connectivity index (χ2n) is 6.66. The van der Waals surface area contributed by atoms with E-state index in [0.717, 1.165) is 40.7 Å². The van der Waals surface area contributed by atoms with Crippen molar-refractivity contribution >= 4 is 16.8 Å². The normalized spacial score (nSPS) is 16.5. The minimum atomic E-state index is -1.62. The van der Waals surface area contributed by atoms with Gasteiger partial charge in [0.15, 0.2) is 17.5 Å². The molecule has 1 aromatic heterocycles. The standard InChI is InChI=1S/C20H17F3N2O/c1-25(20(26)13-7-8-15(21)19(23)18(13)22)11-6-9-17-14(10-11)12-4-2-3-5-16(12)24-17/h2-5,7-8,11,24H,6,9-10H2,1H3. The Labute approximate surface area is 148 Å². The van der Waals surface area contributed by atoms with E-state index in [0.29, 0.717) is 12.8 Å². The molecule has 1 unspecified atom stereocenters. The Morgan fingerprint density at radius 1 is 1.12 bits per heavy atom. The predicted octanol–water partition coefficient (Wildman–Crippen LogP) is 4.21. The van der Waals surface area contributed by atoms with E-state index in [1.807, 2.05) is 24.3 Å². The SMILES string of the molecule is CN(C(=O)c1ccc(F)c(F)c1F)C1CCc2[nH]c3ccccc3c2C1. The van der Waals surface area contributed by atoms with Gasteiger partial charge in [-0.15, -0.1) is 0 Å². The maximum Gasteiger partial charge on any atom is 0.256 e. The molecule has 134 valence electrons. The molecule has 0 radical (unpaired) electrons. The molecular formula is C20H17F3N2O. The van der Waals surface area contributed by atoms with Gasteiger partial charge in [-0.3, -0.25) is 4.79 Å². The molecule has 6 heteroatoms. The van der Waals surface area contributed by atoms with Gasteiger partial charge in [-0.1, -0.05) is 18.2 Å². The van der Waals surface area contributed by atoms with E-state index in [1.165, 1.54) is 4.90 Å². The van der Waals surface area contributed by atoms with Crippen LogP contribution in [0.1, 0.15) is 28.0 Å². The van der Waals surface area contributed by atoms with E-state index in [4.69, 9.17) is 0 Å². The number of carbonyl (C=O) groups excluding carboxylic acids is 1. The molecule has 0 bridgehead atoms. The molecule has 3 aromatic rings. The van der Waals surface area contributed by atoms with E-state index < -0.39 is 28.9 Å². The Bertz CT molecular complexity index is 1010. The van der Waals surface area contributed by atoms with Crippen LogP contribution in [0.4, 0.5) is 13.2 Å². The number of aryl methyl sites for hydroxylation is 1. The summed E-state index contributed by atoms with van der Waals surface area (Å²) in [5.74, 6) is -5.00. The van der Waals surface area contributed by atoms with Gasteiger partial charge in [-0.05, 0) is 43.0 Å². The second-order valence-corrected chi connectivity index (χ2v) is 6.66. The second kappa shape index (κ2) is 6.20. The lowest BCUT2D eigenvalue weighted by molar-refractivity contribution is 0.0712.